The normalized spacial score (nSPS) is 15.1. The predicted octanol–water partition coefficient (Wildman–Crippen LogP) is 18.9. The molecule has 0 saturated heterocycles. The molecule has 4 aliphatic carbocycles. The maximum absolute atomic E-state index is 3.87. The maximum Gasteiger partial charge on any atom is 0.0548 e. The molecule has 2 heteroatoms. The Morgan fingerprint density at radius 3 is 1.31 bits per heavy atom. The molecule has 0 fully saturated rings. The third kappa shape index (κ3) is 7.39. The number of hydrogen-bond acceptors (Lipinski definition) is 0. The van der Waals surface area contributed by atoms with Crippen LogP contribution in [0, 0.1) is 0 Å². The monoisotopic (exact) mass is 948 g/mol. The maximum atomic E-state index is 3.87. The standard InChI is InChI=1S/C56H40N2.C16H16/c1-3-11-35(12-4-1)37-19-21-39-27-41-23-25-43(31-49(41)47(39)29-37)57-53-17-9-7-15-45(53)51-34-56-52(33-55(51)57)46-16-8-10-18-54(46)58(56)44-26-24-42-28-40-22-20-38(30-48(40)50(42)32-44)36-13-5-2-6-14-36;1-3-13(2)15-11-7-8-12-16(15)14-9-5-4-6-10-14/h1-18,23-26,29-34H,19-22,27-28H2;3-13H,1H2,2H3. The molecule has 4 aliphatic rings. The summed E-state index contributed by atoms with van der Waals surface area (Å²) in [5.41, 5.74) is 28.6. The lowest BCUT2D eigenvalue weighted by Gasteiger charge is -2.17. The minimum atomic E-state index is 0.386. The van der Waals surface area contributed by atoms with Gasteiger partial charge in [-0.15, -0.1) is 6.58 Å². The van der Waals surface area contributed by atoms with Crippen molar-refractivity contribution in [1.82, 2.24) is 9.13 Å². The van der Waals surface area contributed by atoms with E-state index in [1.165, 1.54) is 127 Å². The van der Waals surface area contributed by atoms with Crippen LogP contribution in [0.1, 0.15) is 77.5 Å². The molecule has 74 heavy (non-hydrogen) atoms. The third-order valence-corrected chi connectivity index (χ3v) is 16.5. The van der Waals surface area contributed by atoms with E-state index in [0.717, 1.165) is 38.5 Å². The zero-order valence-corrected chi connectivity index (χ0v) is 41.9. The molecule has 2 aromatic heterocycles. The number of hydrogen-bond donors (Lipinski definition) is 0. The average molecular weight is 949 g/mol. The van der Waals surface area contributed by atoms with Gasteiger partial charge < -0.3 is 9.13 Å². The molecular formula is C72H56N2. The quantitative estimate of drug-likeness (QED) is 0.141. The summed E-state index contributed by atoms with van der Waals surface area (Å²) in [6, 6.07) is 78.2. The van der Waals surface area contributed by atoms with Gasteiger partial charge in [0.15, 0.2) is 0 Å². The van der Waals surface area contributed by atoms with Crippen LogP contribution in [0.4, 0.5) is 0 Å². The molecule has 0 spiro atoms. The molecule has 354 valence electrons. The van der Waals surface area contributed by atoms with E-state index in [9.17, 15) is 0 Å². The van der Waals surface area contributed by atoms with Crippen LogP contribution in [0.3, 0.4) is 0 Å². The molecule has 1 atom stereocenters. The van der Waals surface area contributed by atoms with Gasteiger partial charge in [0.05, 0.1) is 22.1 Å². The summed E-state index contributed by atoms with van der Waals surface area (Å²) in [5, 5.41) is 5.13. The number of aromatic nitrogens is 2. The van der Waals surface area contributed by atoms with Crippen molar-refractivity contribution < 1.29 is 0 Å². The summed E-state index contributed by atoms with van der Waals surface area (Å²) in [4.78, 5) is 0. The molecule has 15 rings (SSSR count). The van der Waals surface area contributed by atoms with Crippen LogP contribution in [0.15, 0.2) is 248 Å². The van der Waals surface area contributed by atoms with E-state index >= 15 is 0 Å². The SMILES string of the molecule is C1=C(c2ccccc2)CCC2=C1c1cc(-n3c4ccccc4c4cc5c(cc43)c3ccccc3n5-c3ccc4c(c3)C3=C(CCC(c5ccccc5)=C3)C4)ccc1C2.C=CC(C)c1ccccc1-c1ccccc1. The summed E-state index contributed by atoms with van der Waals surface area (Å²) in [6.07, 6.45) is 13.5. The molecule has 9 aromatic carbocycles. The Labute approximate surface area is 433 Å². The van der Waals surface area contributed by atoms with Crippen LogP contribution < -0.4 is 0 Å². The number of benzene rings is 9. The summed E-state index contributed by atoms with van der Waals surface area (Å²) < 4.78 is 5.03. The van der Waals surface area contributed by atoms with E-state index in [2.05, 4.69) is 241 Å². The predicted molar refractivity (Wildman–Crippen MR) is 314 cm³/mol. The Hall–Kier alpha value is -8.72. The topological polar surface area (TPSA) is 9.86 Å². The van der Waals surface area contributed by atoms with Gasteiger partial charge in [0.25, 0.3) is 0 Å². The Morgan fingerprint density at radius 2 is 0.824 bits per heavy atom. The summed E-state index contributed by atoms with van der Waals surface area (Å²) in [7, 11) is 0. The van der Waals surface area contributed by atoms with Crippen LogP contribution in [0.5, 0.6) is 0 Å². The molecule has 0 radical (unpaired) electrons. The van der Waals surface area contributed by atoms with Crippen LogP contribution in [-0.4, -0.2) is 9.13 Å². The van der Waals surface area contributed by atoms with E-state index in [4.69, 9.17) is 0 Å². The number of para-hydroxylation sites is 2. The highest BCUT2D eigenvalue weighted by atomic mass is 15.0. The first-order chi connectivity index (χ1) is 36.6. The van der Waals surface area contributed by atoms with E-state index < -0.39 is 0 Å². The Balaban J connectivity index is 0.000000271. The molecule has 0 bridgehead atoms. The van der Waals surface area contributed by atoms with E-state index in [1.54, 1.807) is 11.1 Å². The van der Waals surface area contributed by atoms with Crippen molar-refractivity contribution >= 4 is 65.9 Å². The molecular weight excluding hydrogens is 893 g/mol. The Kier molecular flexibility index (Phi) is 10.8. The number of allylic oxidation sites excluding steroid dienone is 9. The van der Waals surface area contributed by atoms with Gasteiger partial charge in [-0.05, 0) is 165 Å². The van der Waals surface area contributed by atoms with Gasteiger partial charge in [0.2, 0.25) is 0 Å². The smallest absolute Gasteiger partial charge is 0.0548 e. The fourth-order valence-corrected chi connectivity index (χ4v) is 12.8. The van der Waals surface area contributed by atoms with Crippen molar-refractivity contribution in [1.29, 1.82) is 0 Å². The van der Waals surface area contributed by atoms with E-state index in [0.29, 0.717) is 5.92 Å². The van der Waals surface area contributed by atoms with Crippen LogP contribution in [0.2, 0.25) is 0 Å². The fourth-order valence-electron chi connectivity index (χ4n) is 12.8. The molecule has 0 N–H and O–H groups in total. The number of fused-ring (bicyclic) bond motifs is 10. The summed E-state index contributed by atoms with van der Waals surface area (Å²) in [5.74, 6) is 0.386. The van der Waals surface area contributed by atoms with E-state index in [1.807, 2.05) is 12.1 Å². The van der Waals surface area contributed by atoms with Gasteiger partial charge in [-0.3, -0.25) is 0 Å². The van der Waals surface area contributed by atoms with Gasteiger partial charge in [0.1, 0.15) is 0 Å². The summed E-state index contributed by atoms with van der Waals surface area (Å²) >= 11 is 0. The molecule has 0 aliphatic heterocycles. The highest BCUT2D eigenvalue weighted by Gasteiger charge is 2.28. The largest absolute Gasteiger partial charge is 0.309 e. The second kappa shape index (κ2) is 18.1. The van der Waals surface area contributed by atoms with Gasteiger partial charge >= 0.3 is 0 Å². The molecule has 2 nitrogen and oxygen atoms in total. The highest BCUT2D eigenvalue weighted by Crippen LogP contribution is 2.47. The van der Waals surface area contributed by atoms with Gasteiger partial charge in [-0.25, -0.2) is 0 Å². The van der Waals surface area contributed by atoms with Crippen LogP contribution in [-0.2, 0) is 12.8 Å². The second-order valence-electron chi connectivity index (χ2n) is 20.7. The molecule has 1 unspecified atom stereocenters. The van der Waals surface area contributed by atoms with Gasteiger partial charge in [0, 0.05) is 32.9 Å². The zero-order chi connectivity index (χ0) is 49.3. The molecule has 0 amide bonds. The lowest BCUT2D eigenvalue weighted by molar-refractivity contribution is 0.947. The van der Waals surface area contributed by atoms with Crippen molar-refractivity contribution in [3.8, 4) is 22.5 Å². The van der Waals surface area contributed by atoms with Crippen molar-refractivity contribution in [3.05, 3.63) is 287 Å². The minimum Gasteiger partial charge on any atom is -0.309 e. The van der Waals surface area contributed by atoms with Gasteiger partial charge in [-0.1, -0.05) is 200 Å². The number of rotatable bonds is 7. The average Bonchev–Trinajstić information content (AvgIpc) is 4.22. The van der Waals surface area contributed by atoms with Gasteiger partial charge in [-0.2, -0.15) is 0 Å². The van der Waals surface area contributed by atoms with Crippen molar-refractivity contribution in [3.63, 3.8) is 0 Å². The third-order valence-electron chi connectivity index (χ3n) is 16.5. The summed E-state index contributed by atoms with van der Waals surface area (Å²) in [6.45, 7) is 6.05. The first-order valence-electron chi connectivity index (χ1n) is 26.5. The van der Waals surface area contributed by atoms with Crippen molar-refractivity contribution in [2.75, 3.05) is 0 Å². The van der Waals surface area contributed by atoms with Crippen LogP contribution >= 0.6 is 0 Å². The first kappa shape index (κ1) is 44.0. The number of nitrogens with zero attached hydrogens (tertiary/aromatic N) is 2. The Bertz CT molecular complexity index is 3960. The van der Waals surface area contributed by atoms with E-state index in [-0.39, 0.29) is 0 Å². The zero-order valence-electron chi connectivity index (χ0n) is 41.9. The lowest BCUT2D eigenvalue weighted by atomic mass is 9.89. The molecule has 0 saturated carbocycles. The van der Waals surface area contributed by atoms with Crippen LogP contribution in [0.25, 0.3) is 88.4 Å². The molecule has 2 heterocycles. The van der Waals surface area contributed by atoms with Crippen molar-refractivity contribution in [2.24, 2.45) is 0 Å². The Morgan fingerprint density at radius 1 is 0.392 bits per heavy atom. The first-order valence-corrected chi connectivity index (χ1v) is 26.5. The lowest BCUT2D eigenvalue weighted by Crippen LogP contribution is -1.98. The van der Waals surface area contributed by atoms with Crippen molar-refractivity contribution in [2.45, 2.75) is 51.4 Å². The second-order valence-corrected chi connectivity index (χ2v) is 20.7. The fraction of sp³-hybridized carbons (Fsp3) is 0.111. The highest BCUT2D eigenvalue weighted by molar-refractivity contribution is 6.19. The minimum absolute atomic E-state index is 0.386. The molecule has 11 aromatic rings.